The zero-order chi connectivity index (χ0) is 23.8. The van der Waals surface area contributed by atoms with Gasteiger partial charge in [-0.15, -0.1) is 0 Å². The SMILES string of the molecule is Cc1cccc(F)c1S(=O)(=O)N(C)CC1(C(=O)NC2C3CC4CC2CC(C(N)=O)(C4)C3)CC1. The second-order valence-electron chi connectivity index (χ2n) is 11.0. The number of hydrogen-bond donors (Lipinski definition) is 2. The molecule has 2 atom stereocenters. The Morgan fingerprint density at radius 1 is 1.18 bits per heavy atom. The third-order valence-electron chi connectivity index (χ3n) is 8.79. The largest absolute Gasteiger partial charge is 0.369 e. The van der Waals surface area contributed by atoms with Crippen molar-refractivity contribution in [1.29, 1.82) is 0 Å². The summed E-state index contributed by atoms with van der Waals surface area (Å²) in [6.45, 7) is 1.58. The second kappa shape index (κ2) is 7.50. The summed E-state index contributed by atoms with van der Waals surface area (Å²) in [5.41, 5.74) is 4.91. The summed E-state index contributed by atoms with van der Waals surface area (Å²) in [7, 11) is -2.66. The molecule has 5 fully saturated rings. The van der Waals surface area contributed by atoms with Gasteiger partial charge in [-0.1, -0.05) is 12.1 Å². The average Bonchev–Trinajstić information content (AvgIpc) is 3.50. The maximum Gasteiger partial charge on any atom is 0.246 e. The van der Waals surface area contributed by atoms with Crippen LogP contribution in [0.15, 0.2) is 23.1 Å². The van der Waals surface area contributed by atoms with Crippen molar-refractivity contribution < 1.29 is 22.4 Å². The first-order valence-corrected chi connectivity index (χ1v) is 13.2. The normalized spacial score (nSPS) is 33.8. The lowest BCUT2D eigenvalue weighted by molar-refractivity contribution is -0.148. The van der Waals surface area contributed by atoms with Gasteiger partial charge in [0, 0.05) is 25.0 Å². The van der Waals surface area contributed by atoms with Crippen molar-refractivity contribution in [3.8, 4) is 0 Å². The van der Waals surface area contributed by atoms with Crippen LogP contribution in [0.2, 0.25) is 0 Å². The number of benzene rings is 1. The maximum atomic E-state index is 14.4. The standard InChI is InChI=1S/C24H32FN3O4S/c1-14-4-3-5-18(25)20(14)33(31,32)28(2)13-23(6-7-23)22(30)27-19-16-8-15-9-17(19)12-24(10-15,11-16)21(26)29/h3-5,15-17,19H,6-13H2,1-2H3,(H2,26,29)(H,27,30). The van der Waals surface area contributed by atoms with Gasteiger partial charge in [0.2, 0.25) is 21.8 Å². The van der Waals surface area contributed by atoms with E-state index in [9.17, 15) is 22.4 Å². The molecule has 0 aliphatic heterocycles. The van der Waals surface area contributed by atoms with Crippen molar-refractivity contribution in [2.24, 2.45) is 34.3 Å². The summed E-state index contributed by atoms with van der Waals surface area (Å²) in [6, 6.07) is 4.19. The Morgan fingerprint density at radius 2 is 1.82 bits per heavy atom. The lowest BCUT2D eigenvalue weighted by Crippen LogP contribution is -2.62. The minimum absolute atomic E-state index is 0.00901. The molecule has 180 valence electrons. The van der Waals surface area contributed by atoms with Gasteiger partial charge in [0.1, 0.15) is 10.7 Å². The molecule has 6 rings (SSSR count). The molecule has 0 saturated heterocycles. The highest BCUT2D eigenvalue weighted by molar-refractivity contribution is 7.89. The van der Waals surface area contributed by atoms with Crippen LogP contribution in [-0.2, 0) is 19.6 Å². The molecule has 5 aliphatic carbocycles. The fourth-order valence-corrected chi connectivity index (χ4v) is 8.60. The summed E-state index contributed by atoms with van der Waals surface area (Å²) >= 11 is 0. The van der Waals surface area contributed by atoms with Crippen molar-refractivity contribution in [3.63, 3.8) is 0 Å². The number of carbonyl (C=O) groups is 2. The molecular formula is C24H32FN3O4S. The smallest absolute Gasteiger partial charge is 0.246 e. The van der Waals surface area contributed by atoms with E-state index in [4.69, 9.17) is 5.73 Å². The number of nitrogens with two attached hydrogens (primary N) is 1. The molecule has 0 spiro atoms. The molecule has 1 aromatic carbocycles. The van der Waals surface area contributed by atoms with E-state index in [1.807, 2.05) is 0 Å². The van der Waals surface area contributed by atoms with Gasteiger partial charge in [-0.3, -0.25) is 9.59 Å². The molecule has 1 aromatic rings. The fourth-order valence-electron chi connectivity index (χ4n) is 7.08. The molecule has 0 aromatic heterocycles. The minimum atomic E-state index is -4.07. The molecule has 4 bridgehead atoms. The number of amides is 2. The Hall–Kier alpha value is -2.00. The van der Waals surface area contributed by atoms with Gasteiger partial charge in [-0.25, -0.2) is 12.8 Å². The lowest BCUT2D eigenvalue weighted by atomic mass is 9.47. The van der Waals surface area contributed by atoms with Crippen molar-refractivity contribution in [2.75, 3.05) is 13.6 Å². The Kier molecular flexibility index (Phi) is 5.18. The third-order valence-corrected chi connectivity index (χ3v) is 10.8. The van der Waals surface area contributed by atoms with Crippen LogP contribution in [0.5, 0.6) is 0 Å². The van der Waals surface area contributed by atoms with E-state index in [0.717, 1.165) is 42.5 Å². The van der Waals surface area contributed by atoms with Gasteiger partial charge < -0.3 is 11.1 Å². The van der Waals surface area contributed by atoms with Gasteiger partial charge in [-0.2, -0.15) is 4.31 Å². The maximum absolute atomic E-state index is 14.4. The van der Waals surface area contributed by atoms with Gasteiger partial charge in [-0.05, 0) is 81.3 Å². The summed E-state index contributed by atoms with van der Waals surface area (Å²) < 4.78 is 41.7. The van der Waals surface area contributed by atoms with Crippen LogP contribution in [0.1, 0.15) is 50.5 Å². The van der Waals surface area contributed by atoms with Crippen LogP contribution in [0.3, 0.4) is 0 Å². The van der Waals surface area contributed by atoms with Gasteiger partial charge in [0.05, 0.1) is 5.41 Å². The summed E-state index contributed by atoms with van der Waals surface area (Å²) in [6.07, 6.45) is 5.55. The van der Waals surface area contributed by atoms with E-state index < -0.39 is 26.7 Å². The van der Waals surface area contributed by atoms with E-state index in [1.54, 1.807) is 13.0 Å². The highest BCUT2D eigenvalue weighted by atomic mass is 32.2. The van der Waals surface area contributed by atoms with E-state index in [-0.39, 0.29) is 41.1 Å². The Labute approximate surface area is 194 Å². The summed E-state index contributed by atoms with van der Waals surface area (Å²) in [5, 5.41) is 3.25. The topological polar surface area (TPSA) is 110 Å². The Morgan fingerprint density at radius 3 is 2.36 bits per heavy atom. The molecular weight excluding hydrogens is 445 g/mol. The van der Waals surface area contributed by atoms with Gasteiger partial charge in [0.15, 0.2) is 0 Å². The van der Waals surface area contributed by atoms with Crippen LogP contribution in [0, 0.1) is 41.3 Å². The number of aryl methyl sites for hydroxylation is 1. The first-order valence-electron chi connectivity index (χ1n) is 11.8. The number of carbonyl (C=O) groups excluding carboxylic acids is 2. The molecule has 7 nitrogen and oxygen atoms in total. The Bertz CT molecular complexity index is 1080. The van der Waals surface area contributed by atoms with Crippen LogP contribution in [0.25, 0.3) is 0 Å². The highest BCUT2D eigenvalue weighted by Gasteiger charge is 2.59. The molecule has 3 N–H and O–H groups in total. The summed E-state index contributed by atoms with van der Waals surface area (Å²) in [4.78, 5) is 25.2. The van der Waals surface area contributed by atoms with Crippen molar-refractivity contribution >= 4 is 21.8 Å². The van der Waals surface area contributed by atoms with Crippen molar-refractivity contribution in [3.05, 3.63) is 29.6 Å². The van der Waals surface area contributed by atoms with Crippen LogP contribution >= 0.6 is 0 Å². The van der Waals surface area contributed by atoms with Crippen LogP contribution < -0.4 is 11.1 Å². The predicted molar refractivity (Wildman–Crippen MR) is 120 cm³/mol. The zero-order valence-electron chi connectivity index (χ0n) is 19.1. The second-order valence-corrected chi connectivity index (χ2v) is 13.0. The number of hydrogen-bond acceptors (Lipinski definition) is 4. The molecule has 2 amide bonds. The van der Waals surface area contributed by atoms with E-state index in [1.165, 1.54) is 13.1 Å². The van der Waals surface area contributed by atoms with Gasteiger partial charge in [0.25, 0.3) is 0 Å². The number of nitrogens with one attached hydrogen (secondary N) is 1. The number of sulfonamides is 1. The molecule has 5 aliphatic rings. The molecule has 33 heavy (non-hydrogen) atoms. The minimum Gasteiger partial charge on any atom is -0.369 e. The monoisotopic (exact) mass is 477 g/mol. The number of rotatable bonds is 7. The van der Waals surface area contributed by atoms with E-state index in [2.05, 4.69) is 5.32 Å². The average molecular weight is 478 g/mol. The highest BCUT2D eigenvalue weighted by Crippen LogP contribution is 2.60. The number of nitrogens with zero attached hydrogens (tertiary/aromatic N) is 1. The molecule has 2 unspecified atom stereocenters. The van der Waals surface area contributed by atoms with Gasteiger partial charge >= 0.3 is 0 Å². The quantitative estimate of drug-likeness (QED) is 0.628. The van der Waals surface area contributed by atoms with Crippen LogP contribution in [0.4, 0.5) is 4.39 Å². The third kappa shape index (κ3) is 3.58. The number of halogens is 1. The lowest BCUT2D eigenvalue weighted by Gasteiger charge is -2.59. The van der Waals surface area contributed by atoms with Crippen LogP contribution in [-0.4, -0.2) is 44.2 Å². The molecule has 9 heteroatoms. The molecule has 5 saturated carbocycles. The molecule has 0 heterocycles. The summed E-state index contributed by atoms with van der Waals surface area (Å²) in [5.74, 6) is -0.135. The number of primary amides is 1. The first kappa shape index (κ1) is 22.8. The fraction of sp³-hybridized carbons (Fsp3) is 0.667. The van der Waals surface area contributed by atoms with E-state index >= 15 is 0 Å². The Balaban J connectivity index is 1.30. The van der Waals surface area contributed by atoms with Crippen molar-refractivity contribution in [2.45, 2.75) is 62.8 Å². The van der Waals surface area contributed by atoms with Crippen molar-refractivity contribution in [1.82, 2.24) is 9.62 Å². The zero-order valence-corrected chi connectivity index (χ0v) is 20.0. The van der Waals surface area contributed by atoms with E-state index in [0.29, 0.717) is 24.3 Å². The first-order chi connectivity index (χ1) is 15.5. The predicted octanol–water partition coefficient (Wildman–Crippen LogP) is 2.33. The molecule has 0 radical (unpaired) electrons.